The lowest BCUT2D eigenvalue weighted by atomic mass is 10.4. The van der Waals surface area contributed by atoms with Crippen LogP contribution in [-0.4, -0.2) is 9.97 Å². The molecule has 4 nitrogen and oxygen atoms in total. The highest BCUT2D eigenvalue weighted by molar-refractivity contribution is 5.49. The second-order valence-electron chi connectivity index (χ2n) is 1.70. The quantitative estimate of drug-likeness (QED) is 0.588. The van der Waals surface area contributed by atoms with Gasteiger partial charge in [0.15, 0.2) is 6.39 Å². The van der Waals surface area contributed by atoms with Crippen LogP contribution in [0.3, 0.4) is 0 Å². The molecule has 2 heterocycles. The van der Waals surface area contributed by atoms with Gasteiger partial charge in [-0.05, 0) is 0 Å². The molecule has 4 heteroatoms. The summed E-state index contributed by atoms with van der Waals surface area (Å²) in [5.74, 6) is 0. The van der Waals surface area contributed by atoms with Crippen LogP contribution in [0, 0.1) is 6.39 Å². The van der Waals surface area contributed by atoms with E-state index in [-0.39, 0.29) is 0 Å². The van der Waals surface area contributed by atoms with Crippen molar-refractivity contribution in [3.63, 3.8) is 0 Å². The predicted octanol–water partition coefficient (Wildman–Crippen LogP) is 1.13. The van der Waals surface area contributed by atoms with Crippen molar-refractivity contribution in [3.05, 3.63) is 25.3 Å². The number of rotatable bonds is 1. The molecule has 2 aromatic heterocycles. The number of oxazole rings is 2. The summed E-state index contributed by atoms with van der Waals surface area (Å²) in [5, 5.41) is 0. The van der Waals surface area contributed by atoms with Crippen molar-refractivity contribution < 1.29 is 8.83 Å². The predicted molar refractivity (Wildman–Crippen MR) is 30.8 cm³/mol. The Balaban J connectivity index is 2.48. The number of aromatic nitrogens is 2. The molecule has 0 saturated carbocycles. The van der Waals surface area contributed by atoms with E-state index < -0.39 is 0 Å². The number of nitrogens with zero attached hydrogens (tertiary/aromatic N) is 2. The van der Waals surface area contributed by atoms with E-state index in [9.17, 15) is 0 Å². The number of hydrogen-bond acceptors (Lipinski definition) is 4. The summed E-state index contributed by atoms with van der Waals surface area (Å²) in [4.78, 5) is 7.59. The molecular formula is C6H3N2O2. The van der Waals surface area contributed by atoms with E-state index in [0.29, 0.717) is 11.4 Å². The molecule has 0 aliphatic carbocycles. The minimum Gasteiger partial charge on any atom is -0.451 e. The van der Waals surface area contributed by atoms with E-state index in [1.54, 1.807) is 0 Å². The van der Waals surface area contributed by atoms with Crippen molar-refractivity contribution >= 4 is 0 Å². The zero-order chi connectivity index (χ0) is 6.81. The molecule has 10 heavy (non-hydrogen) atoms. The molecule has 0 N–H and O–H groups in total. The maximum atomic E-state index is 4.73. The first-order valence-electron chi connectivity index (χ1n) is 2.67. The van der Waals surface area contributed by atoms with Crippen molar-refractivity contribution in [3.8, 4) is 11.4 Å². The van der Waals surface area contributed by atoms with Gasteiger partial charge >= 0.3 is 0 Å². The van der Waals surface area contributed by atoms with E-state index in [0.717, 1.165) is 0 Å². The van der Waals surface area contributed by atoms with Gasteiger partial charge in [-0.1, -0.05) is 0 Å². The van der Waals surface area contributed by atoms with Gasteiger partial charge in [0, 0.05) is 0 Å². The third kappa shape index (κ3) is 0.699. The maximum Gasteiger partial charge on any atom is 0.284 e. The molecule has 0 amide bonds. The van der Waals surface area contributed by atoms with Crippen LogP contribution in [-0.2, 0) is 0 Å². The average Bonchev–Trinajstić information content (AvgIpc) is 2.59. The first-order valence-corrected chi connectivity index (χ1v) is 2.67. The summed E-state index contributed by atoms with van der Waals surface area (Å²) in [7, 11) is 0. The average molecular weight is 135 g/mol. The summed E-state index contributed by atoms with van der Waals surface area (Å²) >= 11 is 0. The van der Waals surface area contributed by atoms with Crippen molar-refractivity contribution in [1.82, 2.24) is 9.97 Å². The second-order valence-corrected chi connectivity index (χ2v) is 1.70. The third-order valence-electron chi connectivity index (χ3n) is 1.08. The first kappa shape index (κ1) is 5.22. The Morgan fingerprint density at radius 2 is 2.30 bits per heavy atom. The van der Waals surface area contributed by atoms with Crippen LogP contribution < -0.4 is 0 Å². The molecule has 0 atom stereocenters. The molecule has 2 aromatic rings. The van der Waals surface area contributed by atoms with Crippen LogP contribution in [0.2, 0.25) is 0 Å². The molecule has 0 aromatic carbocycles. The van der Waals surface area contributed by atoms with Crippen LogP contribution in [0.5, 0.6) is 0 Å². The second kappa shape index (κ2) is 1.98. The molecule has 0 unspecified atom stereocenters. The minimum absolute atomic E-state index is 0.633. The Hall–Kier alpha value is -1.58. The summed E-state index contributed by atoms with van der Waals surface area (Å²) < 4.78 is 9.35. The zero-order valence-electron chi connectivity index (χ0n) is 4.94. The largest absolute Gasteiger partial charge is 0.451 e. The van der Waals surface area contributed by atoms with Gasteiger partial charge in [-0.2, -0.15) is 0 Å². The van der Waals surface area contributed by atoms with Crippen molar-refractivity contribution in [2.45, 2.75) is 0 Å². The fourth-order valence-electron chi connectivity index (χ4n) is 0.641. The van der Waals surface area contributed by atoms with Crippen LogP contribution in [0.1, 0.15) is 0 Å². The maximum absolute atomic E-state index is 4.73. The van der Waals surface area contributed by atoms with Gasteiger partial charge in [0.1, 0.15) is 23.9 Å². The standard InChI is InChI=1S/C6H3N2O2/c1-5(7-3-9-1)6-2-10-4-8-6/h1-3H. The van der Waals surface area contributed by atoms with Gasteiger partial charge < -0.3 is 8.83 Å². The molecule has 49 valence electrons. The molecule has 1 radical (unpaired) electrons. The third-order valence-corrected chi connectivity index (χ3v) is 1.08. The van der Waals surface area contributed by atoms with Crippen LogP contribution in [0.15, 0.2) is 27.8 Å². The summed E-state index contributed by atoms with van der Waals surface area (Å²) in [6.07, 6.45) is 6.60. The smallest absolute Gasteiger partial charge is 0.284 e. The Kier molecular flexibility index (Phi) is 1.04. The molecule has 0 bridgehead atoms. The lowest BCUT2D eigenvalue weighted by Gasteiger charge is -1.78. The molecular weight excluding hydrogens is 132 g/mol. The normalized spacial score (nSPS) is 10.0. The van der Waals surface area contributed by atoms with Crippen LogP contribution in [0.4, 0.5) is 0 Å². The highest BCUT2D eigenvalue weighted by Gasteiger charge is 2.01. The van der Waals surface area contributed by atoms with E-state index in [4.69, 9.17) is 4.42 Å². The lowest BCUT2D eigenvalue weighted by molar-refractivity contribution is 0.548. The van der Waals surface area contributed by atoms with Crippen molar-refractivity contribution in [2.75, 3.05) is 0 Å². The van der Waals surface area contributed by atoms with E-state index in [1.165, 1.54) is 18.9 Å². The Bertz CT molecular complexity index is 253. The zero-order valence-corrected chi connectivity index (χ0v) is 4.94. The highest BCUT2D eigenvalue weighted by atomic mass is 16.3. The van der Waals surface area contributed by atoms with Gasteiger partial charge in [-0.15, -0.1) is 0 Å². The van der Waals surface area contributed by atoms with E-state index in [2.05, 4.69) is 20.8 Å². The minimum atomic E-state index is 0.633. The van der Waals surface area contributed by atoms with Gasteiger partial charge in [-0.25, -0.2) is 9.97 Å². The first-order chi connectivity index (χ1) is 4.97. The van der Waals surface area contributed by atoms with Gasteiger partial charge in [-0.3, -0.25) is 0 Å². The van der Waals surface area contributed by atoms with E-state index >= 15 is 0 Å². The summed E-state index contributed by atoms with van der Waals surface area (Å²) in [6.45, 7) is 0. The monoisotopic (exact) mass is 135 g/mol. The fraction of sp³-hybridized carbons (Fsp3) is 0. The molecule has 0 spiro atoms. The van der Waals surface area contributed by atoms with Gasteiger partial charge in [0.05, 0.1) is 0 Å². The fourth-order valence-corrected chi connectivity index (χ4v) is 0.641. The van der Waals surface area contributed by atoms with Gasteiger partial charge in [0.25, 0.3) is 6.39 Å². The molecule has 2 rings (SSSR count). The summed E-state index contributed by atoms with van der Waals surface area (Å²) in [6, 6.07) is 0. The molecule has 0 aliphatic heterocycles. The lowest BCUT2D eigenvalue weighted by Crippen LogP contribution is -1.73. The summed E-state index contributed by atoms with van der Waals surface area (Å²) in [5.41, 5.74) is 1.29. The molecule has 0 fully saturated rings. The number of hydrogen-bond donors (Lipinski definition) is 0. The topological polar surface area (TPSA) is 52.1 Å². The van der Waals surface area contributed by atoms with E-state index in [1.807, 2.05) is 0 Å². The highest BCUT2D eigenvalue weighted by Crippen LogP contribution is 2.12. The van der Waals surface area contributed by atoms with Gasteiger partial charge in [0.2, 0.25) is 0 Å². The molecule has 0 saturated heterocycles. The van der Waals surface area contributed by atoms with Crippen LogP contribution in [0.25, 0.3) is 11.4 Å². The Labute approximate surface area is 56.5 Å². The Morgan fingerprint density at radius 3 is 2.90 bits per heavy atom. The van der Waals surface area contributed by atoms with Crippen molar-refractivity contribution in [1.29, 1.82) is 0 Å². The van der Waals surface area contributed by atoms with Crippen LogP contribution >= 0.6 is 0 Å². The SMILES string of the molecule is [c]1nc(-c2cocn2)co1. The Morgan fingerprint density at radius 1 is 1.30 bits per heavy atom. The van der Waals surface area contributed by atoms with Crippen molar-refractivity contribution in [2.24, 2.45) is 0 Å². The molecule has 0 aliphatic rings.